The predicted molar refractivity (Wildman–Crippen MR) is 81.2 cm³/mol. The van der Waals surface area contributed by atoms with Gasteiger partial charge in [0.25, 0.3) is 5.91 Å². The molecule has 7 heteroatoms. The molecule has 1 amide bonds. The third-order valence-electron chi connectivity index (χ3n) is 2.59. The Kier molecular flexibility index (Phi) is 4.73. The van der Waals surface area contributed by atoms with Crippen molar-refractivity contribution in [2.75, 3.05) is 5.32 Å². The van der Waals surface area contributed by atoms with E-state index in [4.69, 9.17) is 0 Å². The van der Waals surface area contributed by atoms with Crippen molar-refractivity contribution in [1.29, 1.82) is 0 Å². The molecule has 0 heterocycles. The van der Waals surface area contributed by atoms with Crippen molar-refractivity contribution < 1.29 is 18.0 Å². The molecule has 1 N–H and O–H groups in total. The molecule has 0 saturated heterocycles. The van der Waals surface area contributed by atoms with Crippen molar-refractivity contribution in [3.8, 4) is 0 Å². The van der Waals surface area contributed by atoms with E-state index in [-0.39, 0.29) is 10.2 Å². The molecule has 0 fully saturated rings. The number of carbonyl (C=O) groups is 1. The summed E-state index contributed by atoms with van der Waals surface area (Å²) < 4.78 is 39.2. The number of rotatable bonds is 2. The summed E-state index contributed by atoms with van der Waals surface area (Å²) in [5.74, 6) is -0.478. The van der Waals surface area contributed by atoms with Crippen LogP contribution < -0.4 is 5.32 Å². The number of benzene rings is 2. The molecule has 0 saturated carbocycles. The molecule has 0 aliphatic carbocycles. The van der Waals surface area contributed by atoms with Gasteiger partial charge in [-0.1, -0.05) is 31.9 Å². The van der Waals surface area contributed by atoms with E-state index in [2.05, 4.69) is 37.2 Å². The van der Waals surface area contributed by atoms with Crippen LogP contribution in [-0.2, 0) is 6.18 Å². The second-order valence-electron chi connectivity index (χ2n) is 4.19. The summed E-state index contributed by atoms with van der Waals surface area (Å²) >= 11 is 6.24. The molecular weight excluding hydrogens is 415 g/mol. The summed E-state index contributed by atoms with van der Waals surface area (Å²) in [5.41, 5.74) is -0.403. The maximum atomic E-state index is 12.7. The molecular formula is C14H8Br2F3NO. The third-order valence-corrected chi connectivity index (χ3v) is 3.58. The first-order valence-corrected chi connectivity index (χ1v) is 7.29. The van der Waals surface area contributed by atoms with Gasteiger partial charge in [-0.15, -0.1) is 0 Å². The van der Waals surface area contributed by atoms with Crippen molar-refractivity contribution in [3.63, 3.8) is 0 Å². The summed E-state index contributed by atoms with van der Waals surface area (Å²) in [5, 5.41) is 2.45. The Balaban J connectivity index is 2.25. The SMILES string of the molecule is O=C(Nc1cc(Br)cc(C(F)(F)F)c1)c1ccc(Br)cc1. The zero-order valence-corrected chi connectivity index (χ0v) is 13.5. The van der Waals surface area contributed by atoms with Crippen LogP contribution in [0.5, 0.6) is 0 Å². The number of hydrogen-bond acceptors (Lipinski definition) is 1. The van der Waals surface area contributed by atoms with Crippen LogP contribution >= 0.6 is 31.9 Å². The Labute approximate surface area is 135 Å². The van der Waals surface area contributed by atoms with E-state index in [1.807, 2.05) is 0 Å². The zero-order valence-electron chi connectivity index (χ0n) is 10.3. The number of nitrogens with one attached hydrogen (secondary N) is 1. The lowest BCUT2D eigenvalue weighted by Crippen LogP contribution is -2.13. The van der Waals surface area contributed by atoms with Gasteiger partial charge in [-0.2, -0.15) is 13.2 Å². The highest BCUT2D eigenvalue weighted by Gasteiger charge is 2.31. The van der Waals surface area contributed by atoms with E-state index in [0.717, 1.165) is 16.6 Å². The molecule has 21 heavy (non-hydrogen) atoms. The molecule has 0 bridgehead atoms. The van der Waals surface area contributed by atoms with Crippen molar-refractivity contribution in [2.45, 2.75) is 6.18 Å². The fraction of sp³-hybridized carbons (Fsp3) is 0.0714. The van der Waals surface area contributed by atoms with Gasteiger partial charge in [0.05, 0.1) is 5.56 Å². The lowest BCUT2D eigenvalue weighted by molar-refractivity contribution is -0.137. The van der Waals surface area contributed by atoms with Crippen LogP contribution in [0.15, 0.2) is 51.4 Å². The van der Waals surface area contributed by atoms with Gasteiger partial charge >= 0.3 is 6.18 Å². The van der Waals surface area contributed by atoms with Crippen LogP contribution in [0.3, 0.4) is 0 Å². The minimum atomic E-state index is -4.47. The number of amides is 1. The van der Waals surface area contributed by atoms with Crippen LogP contribution in [0, 0.1) is 0 Å². The highest BCUT2D eigenvalue weighted by molar-refractivity contribution is 9.10. The maximum Gasteiger partial charge on any atom is 0.416 e. The Morgan fingerprint density at radius 3 is 2.14 bits per heavy atom. The van der Waals surface area contributed by atoms with Crippen molar-refractivity contribution in [1.82, 2.24) is 0 Å². The number of carbonyl (C=O) groups excluding carboxylic acids is 1. The summed E-state index contributed by atoms with van der Waals surface area (Å²) in [4.78, 5) is 12.0. The first kappa shape index (κ1) is 16.0. The molecule has 110 valence electrons. The Morgan fingerprint density at radius 1 is 0.952 bits per heavy atom. The number of hydrogen-bond donors (Lipinski definition) is 1. The van der Waals surface area contributed by atoms with Gasteiger partial charge in [0.1, 0.15) is 0 Å². The van der Waals surface area contributed by atoms with Gasteiger partial charge in [-0.25, -0.2) is 0 Å². The second-order valence-corrected chi connectivity index (χ2v) is 6.02. The smallest absolute Gasteiger partial charge is 0.322 e. The number of anilines is 1. The van der Waals surface area contributed by atoms with Crippen molar-refractivity contribution >= 4 is 43.5 Å². The largest absolute Gasteiger partial charge is 0.416 e. The zero-order chi connectivity index (χ0) is 15.6. The number of alkyl halides is 3. The first-order chi connectivity index (χ1) is 9.75. The minimum absolute atomic E-state index is 0.0737. The van der Waals surface area contributed by atoms with Crippen molar-refractivity contribution in [3.05, 3.63) is 62.5 Å². The van der Waals surface area contributed by atoms with E-state index >= 15 is 0 Å². The van der Waals surface area contributed by atoms with E-state index < -0.39 is 17.6 Å². The monoisotopic (exact) mass is 421 g/mol. The molecule has 2 nitrogen and oxygen atoms in total. The molecule has 0 atom stereocenters. The topological polar surface area (TPSA) is 29.1 Å². The maximum absolute atomic E-state index is 12.7. The average Bonchev–Trinajstić information content (AvgIpc) is 2.37. The van der Waals surface area contributed by atoms with Crippen molar-refractivity contribution in [2.24, 2.45) is 0 Å². The molecule has 2 aromatic rings. The van der Waals surface area contributed by atoms with E-state index in [9.17, 15) is 18.0 Å². The highest BCUT2D eigenvalue weighted by atomic mass is 79.9. The average molecular weight is 423 g/mol. The highest BCUT2D eigenvalue weighted by Crippen LogP contribution is 2.33. The summed E-state index contributed by atoms with van der Waals surface area (Å²) in [6.07, 6.45) is -4.47. The predicted octanol–water partition coefficient (Wildman–Crippen LogP) is 5.48. The third kappa shape index (κ3) is 4.31. The van der Waals surface area contributed by atoms with Gasteiger partial charge < -0.3 is 5.32 Å². The van der Waals surface area contributed by atoms with Gasteiger partial charge in [0, 0.05) is 20.2 Å². The molecule has 0 aliphatic rings. The van der Waals surface area contributed by atoms with Gasteiger partial charge in [0.2, 0.25) is 0 Å². The number of halogens is 5. The standard InChI is InChI=1S/C14H8Br2F3NO/c15-10-3-1-8(2-4-10)13(21)20-12-6-9(14(17,18)19)5-11(16)7-12/h1-7H,(H,20,21). The van der Waals surface area contributed by atoms with Crippen LogP contribution in [0.1, 0.15) is 15.9 Å². The van der Waals surface area contributed by atoms with Crippen LogP contribution in [0.25, 0.3) is 0 Å². The summed E-state index contributed by atoms with van der Waals surface area (Å²) in [7, 11) is 0. The summed E-state index contributed by atoms with van der Waals surface area (Å²) in [6.45, 7) is 0. The van der Waals surface area contributed by atoms with Gasteiger partial charge in [0.15, 0.2) is 0 Å². The van der Waals surface area contributed by atoms with Crippen LogP contribution in [0.4, 0.5) is 18.9 Å². The van der Waals surface area contributed by atoms with Crippen LogP contribution in [-0.4, -0.2) is 5.91 Å². The Hall–Kier alpha value is -1.34. The Bertz CT molecular complexity index is 669. The minimum Gasteiger partial charge on any atom is -0.322 e. The van der Waals surface area contributed by atoms with Gasteiger partial charge in [-0.05, 0) is 42.5 Å². The molecule has 0 radical (unpaired) electrons. The Morgan fingerprint density at radius 2 is 1.57 bits per heavy atom. The molecule has 2 aromatic carbocycles. The molecule has 0 aliphatic heterocycles. The lowest BCUT2D eigenvalue weighted by atomic mass is 10.1. The first-order valence-electron chi connectivity index (χ1n) is 5.70. The fourth-order valence-corrected chi connectivity index (χ4v) is 2.39. The summed E-state index contributed by atoms with van der Waals surface area (Å²) in [6, 6.07) is 9.75. The molecule has 2 rings (SSSR count). The molecule has 0 aromatic heterocycles. The van der Waals surface area contributed by atoms with Crippen LogP contribution in [0.2, 0.25) is 0 Å². The molecule has 0 unspecified atom stereocenters. The quantitative estimate of drug-likeness (QED) is 0.681. The fourth-order valence-electron chi connectivity index (χ4n) is 1.63. The van der Waals surface area contributed by atoms with E-state index in [1.165, 1.54) is 6.07 Å². The van der Waals surface area contributed by atoms with E-state index in [0.29, 0.717) is 5.56 Å². The molecule has 0 spiro atoms. The van der Waals surface area contributed by atoms with E-state index in [1.54, 1.807) is 24.3 Å². The van der Waals surface area contributed by atoms with Gasteiger partial charge in [-0.3, -0.25) is 4.79 Å². The normalized spacial score (nSPS) is 11.3. The lowest BCUT2D eigenvalue weighted by Gasteiger charge is -2.11. The second kappa shape index (κ2) is 6.19.